The highest BCUT2D eigenvalue weighted by Crippen LogP contribution is 2.32. The van der Waals surface area contributed by atoms with Gasteiger partial charge >= 0.3 is 12.7 Å². The van der Waals surface area contributed by atoms with Crippen LogP contribution in [0.3, 0.4) is 0 Å². The zero-order valence-electron chi connectivity index (χ0n) is 19.6. The molecule has 0 aliphatic carbocycles. The predicted molar refractivity (Wildman–Crippen MR) is 123 cm³/mol. The van der Waals surface area contributed by atoms with Crippen molar-refractivity contribution in [2.45, 2.75) is 25.7 Å². The number of nitriles is 1. The molecule has 1 N–H and O–H groups in total. The van der Waals surface area contributed by atoms with Crippen molar-refractivity contribution < 1.29 is 40.6 Å². The molecule has 1 atom stereocenters. The van der Waals surface area contributed by atoms with Crippen molar-refractivity contribution in [2.75, 3.05) is 0 Å². The number of halogens is 6. The third kappa shape index (κ3) is 6.89. The second-order valence-electron chi connectivity index (χ2n) is 7.97. The number of carbonyl (C=O) groups is 1. The Kier molecular flexibility index (Phi) is 7.26. The number of nitrogens with one attached hydrogen (secondary N) is 1. The first kappa shape index (κ1) is 27.1. The topological polar surface area (TPSA) is 110 Å². The van der Waals surface area contributed by atoms with Gasteiger partial charge < -0.3 is 14.8 Å². The molecule has 1 amide bonds. The van der Waals surface area contributed by atoms with Crippen LogP contribution in [0, 0.1) is 11.3 Å². The summed E-state index contributed by atoms with van der Waals surface area (Å²) in [6.07, 6.45) is -9.16. The summed E-state index contributed by atoms with van der Waals surface area (Å²) in [5.41, 5.74) is 1.38. The van der Waals surface area contributed by atoms with Gasteiger partial charge in [-0.15, -0.1) is 26.3 Å². The van der Waals surface area contributed by atoms with E-state index >= 15 is 0 Å². The number of alkyl halides is 6. The van der Waals surface area contributed by atoms with Crippen LogP contribution in [0.4, 0.5) is 26.3 Å². The standard InChI is InChI=1S/C25H15F6N5O3/c1-13(34-23(37)15-8-16(38-24(26,27)28)10-17(9-15)39-25(29,30)31)21-22(20-7-6-14(11-32)12-33-20)36-19-5-3-2-4-18(19)35-21/h2-10,12-13H,1H3,(H,34,37). The fourth-order valence-electron chi connectivity index (χ4n) is 3.54. The van der Waals surface area contributed by atoms with Crippen LogP contribution in [-0.4, -0.2) is 33.6 Å². The number of hydrogen-bond donors (Lipinski definition) is 1. The van der Waals surface area contributed by atoms with Gasteiger partial charge in [0.1, 0.15) is 23.3 Å². The van der Waals surface area contributed by atoms with Crippen LogP contribution < -0.4 is 14.8 Å². The number of rotatable bonds is 6. The number of benzene rings is 2. The maximum Gasteiger partial charge on any atom is 0.573 e. The highest BCUT2D eigenvalue weighted by molar-refractivity contribution is 5.95. The van der Waals surface area contributed by atoms with Crippen molar-refractivity contribution in [3.05, 3.63) is 77.6 Å². The quantitative estimate of drug-likeness (QED) is 0.302. The van der Waals surface area contributed by atoms with Gasteiger partial charge in [-0.05, 0) is 43.3 Å². The summed E-state index contributed by atoms with van der Waals surface area (Å²) < 4.78 is 83.8. The zero-order chi connectivity index (χ0) is 28.4. The van der Waals surface area contributed by atoms with Crippen LogP contribution in [-0.2, 0) is 0 Å². The Bertz CT molecular complexity index is 1530. The monoisotopic (exact) mass is 547 g/mol. The molecule has 14 heteroatoms. The Hall–Kier alpha value is -4.93. The van der Waals surface area contributed by atoms with Gasteiger partial charge in [0.15, 0.2) is 0 Å². The molecular weight excluding hydrogens is 532 g/mol. The number of amides is 1. The highest BCUT2D eigenvalue weighted by atomic mass is 19.4. The zero-order valence-corrected chi connectivity index (χ0v) is 19.6. The summed E-state index contributed by atoms with van der Waals surface area (Å²) in [4.78, 5) is 26.3. The molecule has 0 spiro atoms. The summed E-state index contributed by atoms with van der Waals surface area (Å²) >= 11 is 0. The SMILES string of the molecule is CC(NC(=O)c1cc(OC(F)(F)F)cc(OC(F)(F)F)c1)c1nc2ccccc2nc1-c1ccc(C#N)cn1. The number of hydrogen-bond acceptors (Lipinski definition) is 7. The van der Waals surface area contributed by atoms with Gasteiger partial charge in [-0.1, -0.05) is 12.1 Å². The number of ether oxygens (including phenoxy) is 2. The van der Waals surface area contributed by atoms with Gasteiger partial charge in [-0.2, -0.15) is 5.26 Å². The molecule has 0 aliphatic heterocycles. The van der Waals surface area contributed by atoms with Crippen LogP contribution in [0.15, 0.2) is 60.8 Å². The minimum Gasteiger partial charge on any atom is -0.406 e. The largest absolute Gasteiger partial charge is 0.573 e. The second-order valence-corrected chi connectivity index (χ2v) is 7.97. The summed E-state index contributed by atoms with van der Waals surface area (Å²) in [5, 5.41) is 11.5. The number of carbonyl (C=O) groups excluding carboxylic acids is 1. The molecular formula is C25H15F6N5O3. The molecule has 4 aromatic rings. The number of para-hydroxylation sites is 2. The van der Waals surface area contributed by atoms with Crippen molar-refractivity contribution in [1.29, 1.82) is 5.26 Å². The average Bonchev–Trinajstić information content (AvgIpc) is 2.85. The van der Waals surface area contributed by atoms with Crippen molar-refractivity contribution in [3.8, 4) is 29.0 Å². The fourth-order valence-corrected chi connectivity index (χ4v) is 3.54. The van der Waals surface area contributed by atoms with Crippen LogP contribution in [0.1, 0.15) is 34.6 Å². The number of aromatic nitrogens is 3. The van der Waals surface area contributed by atoms with Crippen molar-refractivity contribution in [2.24, 2.45) is 0 Å². The average molecular weight is 547 g/mol. The lowest BCUT2D eigenvalue weighted by atomic mass is 10.1. The van der Waals surface area contributed by atoms with Crippen LogP contribution in [0.2, 0.25) is 0 Å². The van der Waals surface area contributed by atoms with E-state index in [4.69, 9.17) is 5.26 Å². The van der Waals surface area contributed by atoms with Crippen molar-refractivity contribution >= 4 is 16.9 Å². The minimum absolute atomic E-state index is 0.203. The molecule has 0 bridgehead atoms. The first-order chi connectivity index (χ1) is 18.3. The van der Waals surface area contributed by atoms with Crippen molar-refractivity contribution in [3.63, 3.8) is 0 Å². The van der Waals surface area contributed by atoms with E-state index in [9.17, 15) is 31.1 Å². The Morgan fingerprint density at radius 3 is 2.03 bits per heavy atom. The van der Waals surface area contributed by atoms with Crippen LogP contribution in [0.25, 0.3) is 22.4 Å². The van der Waals surface area contributed by atoms with E-state index in [2.05, 4.69) is 29.7 Å². The van der Waals surface area contributed by atoms with Gasteiger partial charge in [-0.25, -0.2) is 9.97 Å². The molecule has 200 valence electrons. The molecule has 39 heavy (non-hydrogen) atoms. The molecule has 0 radical (unpaired) electrons. The maximum absolute atomic E-state index is 13.0. The van der Waals surface area contributed by atoms with Gasteiger partial charge in [0.05, 0.1) is 34.0 Å². The number of fused-ring (bicyclic) bond motifs is 1. The molecule has 8 nitrogen and oxygen atoms in total. The molecule has 0 saturated carbocycles. The second kappa shape index (κ2) is 10.4. The van der Waals surface area contributed by atoms with Crippen LogP contribution in [0.5, 0.6) is 11.5 Å². The summed E-state index contributed by atoms with van der Waals surface area (Å²) in [7, 11) is 0. The Labute approximate surface area is 215 Å². The summed E-state index contributed by atoms with van der Waals surface area (Å²) in [6.45, 7) is 1.49. The van der Waals surface area contributed by atoms with Gasteiger partial charge in [0, 0.05) is 17.8 Å². The summed E-state index contributed by atoms with van der Waals surface area (Å²) in [5.74, 6) is -3.22. The van der Waals surface area contributed by atoms with E-state index in [0.717, 1.165) is 0 Å². The summed E-state index contributed by atoms with van der Waals surface area (Å²) in [6, 6.07) is 12.4. The van der Waals surface area contributed by atoms with E-state index in [1.807, 2.05) is 6.07 Å². The van der Waals surface area contributed by atoms with E-state index in [-0.39, 0.29) is 17.0 Å². The predicted octanol–water partition coefficient (Wildman–Crippen LogP) is 5.85. The van der Waals surface area contributed by atoms with Crippen molar-refractivity contribution in [1.82, 2.24) is 20.3 Å². The molecule has 2 aromatic carbocycles. The fraction of sp³-hybridized carbons (Fsp3) is 0.160. The molecule has 2 heterocycles. The van der Waals surface area contributed by atoms with E-state index in [1.165, 1.54) is 25.3 Å². The van der Waals surface area contributed by atoms with E-state index < -0.39 is 41.7 Å². The Morgan fingerprint density at radius 2 is 1.51 bits per heavy atom. The molecule has 0 aliphatic rings. The molecule has 1 unspecified atom stereocenters. The Morgan fingerprint density at radius 1 is 0.923 bits per heavy atom. The lowest BCUT2D eigenvalue weighted by Gasteiger charge is -2.18. The minimum atomic E-state index is -5.23. The Balaban J connectivity index is 1.71. The normalized spacial score (nSPS) is 12.5. The number of pyridine rings is 1. The smallest absolute Gasteiger partial charge is 0.406 e. The third-order valence-corrected chi connectivity index (χ3v) is 5.10. The van der Waals surface area contributed by atoms with Gasteiger partial charge in [0.2, 0.25) is 0 Å². The molecule has 4 rings (SSSR count). The molecule has 0 fully saturated rings. The first-order valence-electron chi connectivity index (χ1n) is 10.9. The number of nitrogens with zero attached hydrogens (tertiary/aromatic N) is 4. The lowest BCUT2D eigenvalue weighted by molar-refractivity contribution is -0.276. The van der Waals surface area contributed by atoms with Gasteiger partial charge in [0.25, 0.3) is 5.91 Å². The molecule has 2 aromatic heterocycles. The maximum atomic E-state index is 13.0. The van der Waals surface area contributed by atoms with E-state index in [1.54, 1.807) is 24.3 Å². The molecule has 0 saturated heterocycles. The van der Waals surface area contributed by atoms with E-state index in [0.29, 0.717) is 34.9 Å². The first-order valence-corrected chi connectivity index (χ1v) is 10.9. The van der Waals surface area contributed by atoms with Crippen LogP contribution >= 0.6 is 0 Å². The lowest BCUT2D eigenvalue weighted by Crippen LogP contribution is -2.28. The highest BCUT2D eigenvalue weighted by Gasteiger charge is 2.34. The third-order valence-electron chi connectivity index (χ3n) is 5.10. The van der Waals surface area contributed by atoms with Gasteiger partial charge in [-0.3, -0.25) is 9.78 Å².